The SMILES string of the molecule is O=C(O)c1ccnc(NC2CCc3ccccc3C2)c1. The summed E-state index contributed by atoms with van der Waals surface area (Å²) in [4.78, 5) is 15.2. The second-order valence-electron chi connectivity index (χ2n) is 5.09. The van der Waals surface area contributed by atoms with Crippen molar-refractivity contribution in [3.8, 4) is 0 Å². The first kappa shape index (κ1) is 12.7. The lowest BCUT2D eigenvalue weighted by Crippen LogP contribution is -2.27. The molecule has 0 amide bonds. The number of nitrogens with one attached hydrogen (secondary N) is 1. The summed E-state index contributed by atoms with van der Waals surface area (Å²) in [5.41, 5.74) is 3.04. The first-order chi connectivity index (χ1) is 9.72. The van der Waals surface area contributed by atoms with Gasteiger partial charge in [-0.25, -0.2) is 9.78 Å². The van der Waals surface area contributed by atoms with Crippen LogP contribution < -0.4 is 5.32 Å². The monoisotopic (exact) mass is 268 g/mol. The molecular formula is C16H16N2O2. The Kier molecular flexibility index (Phi) is 3.37. The molecule has 0 saturated heterocycles. The molecule has 1 aromatic heterocycles. The number of benzene rings is 1. The van der Waals surface area contributed by atoms with Crippen molar-refractivity contribution in [2.24, 2.45) is 0 Å². The van der Waals surface area contributed by atoms with Gasteiger partial charge in [-0.05, 0) is 42.5 Å². The molecule has 2 aromatic rings. The first-order valence-corrected chi connectivity index (χ1v) is 6.75. The number of hydrogen-bond donors (Lipinski definition) is 2. The number of aromatic carboxylic acids is 1. The molecule has 0 fully saturated rings. The highest BCUT2D eigenvalue weighted by Gasteiger charge is 2.18. The molecule has 1 heterocycles. The molecule has 0 radical (unpaired) electrons. The molecule has 0 aliphatic heterocycles. The molecule has 0 spiro atoms. The Morgan fingerprint density at radius 2 is 2.05 bits per heavy atom. The van der Waals surface area contributed by atoms with Crippen molar-refractivity contribution in [2.75, 3.05) is 5.32 Å². The molecular weight excluding hydrogens is 252 g/mol. The molecule has 0 bridgehead atoms. The van der Waals surface area contributed by atoms with Gasteiger partial charge in [-0.15, -0.1) is 0 Å². The molecule has 20 heavy (non-hydrogen) atoms. The van der Waals surface area contributed by atoms with Crippen molar-refractivity contribution in [3.63, 3.8) is 0 Å². The van der Waals surface area contributed by atoms with Crippen LogP contribution in [0.2, 0.25) is 0 Å². The van der Waals surface area contributed by atoms with Crippen molar-refractivity contribution >= 4 is 11.8 Å². The lowest BCUT2D eigenvalue weighted by atomic mass is 9.88. The Morgan fingerprint density at radius 1 is 1.25 bits per heavy atom. The third kappa shape index (κ3) is 2.64. The molecule has 4 nitrogen and oxygen atoms in total. The van der Waals surface area contributed by atoms with Gasteiger partial charge in [-0.3, -0.25) is 0 Å². The fourth-order valence-corrected chi connectivity index (χ4v) is 2.67. The molecule has 1 aromatic carbocycles. The number of hydrogen-bond acceptors (Lipinski definition) is 3. The van der Waals surface area contributed by atoms with E-state index in [2.05, 4.69) is 34.6 Å². The van der Waals surface area contributed by atoms with E-state index < -0.39 is 5.97 Å². The van der Waals surface area contributed by atoms with Gasteiger partial charge in [0, 0.05) is 12.2 Å². The number of carboxylic acids is 1. The fourth-order valence-electron chi connectivity index (χ4n) is 2.67. The largest absolute Gasteiger partial charge is 0.478 e. The Balaban J connectivity index is 1.73. The van der Waals surface area contributed by atoms with Gasteiger partial charge in [0.2, 0.25) is 0 Å². The maximum Gasteiger partial charge on any atom is 0.335 e. The predicted molar refractivity (Wildman–Crippen MR) is 77.1 cm³/mol. The molecule has 1 atom stereocenters. The van der Waals surface area contributed by atoms with Crippen LogP contribution in [0, 0.1) is 0 Å². The number of aryl methyl sites for hydroxylation is 1. The minimum Gasteiger partial charge on any atom is -0.478 e. The Hall–Kier alpha value is -2.36. The Labute approximate surface area is 117 Å². The van der Waals surface area contributed by atoms with Crippen LogP contribution in [-0.2, 0) is 12.8 Å². The van der Waals surface area contributed by atoms with Crippen LogP contribution >= 0.6 is 0 Å². The summed E-state index contributed by atoms with van der Waals surface area (Å²) in [6.45, 7) is 0. The molecule has 3 rings (SSSR count). The van der Waals surface area contributed by atoms with E-state index in [1.54, 1.807) is 6.07 Å². The topological polar surface area (TPSA) is 62.2 Å². The average molecular weight is 268 g/mol. The maximum atomic E-state index is 11.0. The van der Waals surface area contributed by atoms with E-state index >= 15 is 0 Å². The number of fused-ring (bicyclic) bond motifs is 1. The quantitative estimate of drug-likeness (QED) is 0.898. The van der Waals surface area contributed by atoms with E-state index in [4.69, 9.17) is 5.11 Å². The highest BCUT2D eigenvalue weighted by Crippen LogP contribution is 2.23. The highest BCUT2D eigenvalue weighted by molar-refractivity contribution is 5.88. The van der Waals surface area contributed by atoms with Crippen molar-refractivity contribution in [1.29, 1.82) is 0 Å². The van der Waals surface area contributed by atoms with Crippen LogP contribution in [-0.4, -0.2) is 22.1 Å². The lowest BCUT2D eigenvalue weighted by molar-refractivity contribution is 0.0697. The van der Waals surface area contributed by atoms with Gasteiger partial charge >= 0.3 is 5.97 Å². The van der Waals surface area contributed by atoms with E-state index in [9.17, 15) is 4.79 Å². The average Bonchev–Trinajstić information content (AvgIpc) is 2.47. The third-order valence-corrected chi connectivity index (χ3v) is 3.71. The zero-order valence-electron chi connectivity index (χ0n) is 11.0. The summed E-state index contributed by atoms with van der Waals surface area (Å²) in [5, 5.41) is 12.3. The summed E-state index contributed by atoms with van der Waals surface area (Å²) in [7, 11) is 0. The van der Waals surface area contributed by atoms with Crippen molar-refractivity contribution in [3.05, 3.63) is 59.3 Å². The van der Waals surface area contributed by atoms with Crippen LogP contribution in [0.15, 0.2) is 42.6 Å². The Morgan fingerprint density at radius 3 is 2.85 bits per heavy atom. The van der Waals surface area contributed by atoms with E-state index in [1.165, 1.54) is 23.4 Å². The number of aromatic nitrogens is 1. The standard InChI is InChI=1S/C16H16N2O2/c19-16(20)13-7-8-17-15(10-13)18-14-6-5-11-3-1-2-4-12(11)9-14/h1-4,7-8,10,14H,5-6,9H2,(H,17,18)(H,19,20). The van der Waals surface area contributed by atoms with Gasteiger partial charge in [0.05, 0.1) is 5.56 Å². The van der Waals surface area contributed by atoms with Gasteiger partial charge in [0.15, 0.2) is 0 Å². The molecule has 1 aliphatic carbocycles. The lowest BCUT2D eigenvalue weighted by Gasteiger charge is -2.25. The van der Waals surface area contributed by atoms with Crippen LogP contribution in [0.4, 0.5) is 5.82 Å². The van der Waals surface area contributed by atoms with Gasteiger partial charge in [-0.2, -0.15) is 0 Å². The summed E-state index contributed by atoms with van der Waals surface area (Å²) >= 11 is 0. The van der Waals surface area contributed by atoms with E-state index in [0.717, 1.165) is 19.3 Å². The molecule has 1 aliphatic rings. The second kappa shape index (κ2) is 5.33. The summed E-state index contributed by atoms with van der Waals surface area (Å²) in [5.74, 6) is -0.293. The highest BCUT2D eigenvalue weighted by atomic mass is 16.4. The van der Waals surface area contributed by atoms with Crippen LogP contribution in [0.1, 0.15) is 27.9 Å². The van der Waals surface area contributed by atoms with E-state index in [0.29, 0.717) is 11.9 Å². The zero-order chi connectivity index (χ0) is 13.9. The molecule has 2 N–H and O–H groups in total. The predicted octanol–water partition coefficient (Wildman–Crippen LogP) is 2.75. The smallest absolute Gasteiger partial charge is 0.335 e. The molecule has 1 unspecified atom stereocenters. The van der Waals surface area contributed by atoms with Crippen molar-refractivity contribution in [1.82, 2.24) is 4.98 Å². The number of carbonyl (C=O) groups is 1. The minimum absolute atomic E-state index is 0.263. The number of nitrogens with zero attached hydrogens (tertiary/aromatic N) is 1. The van der Waals surface area contributed by atoms with Gasteiger partial charge < -0.3 is 10.4 Å². The summed E-state index contributed by atoms with van der Waals surface area (Å²) < 4.78 is 0. The van der Waals surface area contributed by atoms with Crippen LogP contribution in [0.25, 0.3) is 0 Å². The number of rotatable bonds is 3. The van der Waals surface area contributed by atoms with Crippen molar-refractivity contribution < 1.29 is 9.90 Å². The molecule has 102 valence electrons. The molecule has 4 heteroatoms. The summed E-state index contributed by atoms with van der Waals surface area (Å²) in [6, 6.07) is 11.9. The Bertz CT molecular complexity index is 640. The van der Waals surface area contributed by atoms with E-state index in [1.807, 2.05) is 0 Å². The minimum atomic E-state index is -0.926. The first-order valence-electron chi connectivity index (χ1n) is 6.75. The second-order valence-corrected chi connectivity index (χ2v) is 5.09. The summed E-state index contributed by atoms with van der Waals surface area (Å²) in [6.07, 6.45) is 4.57. The van der Waals surface area contributed by atoms with Crippen LogP contribution in [0.3, 0.4) is 0 Å². The zero-order valence-corrected chi connectivity index (χ0v) is 11.0. The van der Waals surface area contributed by atoms with Gasteiger partial charge in [0.25, 0.3) is 0 Å². The molecule has 0 saturated carbocycles. The number of pyridine rings is 1. The number of anilines is 1. The number of carboxylic acid groups (broad SMARTS) is 1. The fraction of sp³-hybridized carbons (Fsp3) is 0.250. The van der Waals surface area contributed by atoms with Crippen LogP contribution in [0.5, 0.6) is 0 Å². The normalized spacial score (nSPS) is 17.3. The third-order valence-electron chi connectivity index (χ3n) is 3.71. The van der Waals surface area contributed by atoms with Crippen molar-refractivity contribution in [2.45, 2.75) is 25.3 Å². The van der Waals surface area contributed by atoms with E-state index in [-0.39, 0.29) is 5.56 Å². The maximum absolute atomic E-state index is 11.0. The van der Waals surface area contributed by atoms with Gasteiger partial charge in [0.1, 0.15) is 5.82 Å². The van der Waals surface area contributed by atoms with Gasteiger partial charge in [-0.1, -0.05) is 24.3 Å².